The molecule has 0 fully saturated rings. The van der Waals surface area contributed by atoms with Crippen molar-refractivity contribution in [3.8, 4) is 17.1 Å². The van der Waals surface area contributed by atoms with E-state index in [-0.39, 0.29) is 18.0 Å². The second kappa shape index (κ2) is 6.58. The van der Waals surface area contributed by atoms with Gasteiger partial charge in [0.25, 0.3) is 0 Å². The van der Waals surface area contributed by atoms with Crippen LogP contribution in [0.2, 0.25) is 0 Å². The molecule has 4 heteroatoms. The molecule has 0 aliphatic heterocycles. The first-order chi connectivity index (χ1) is 11.8. The molecule has 134 valence electrons. The minimum absolute atomic E-state index is 0.152. The van der Waals surface area contributed by atoms with Gasteiger partial charge in [-0.15, -0.1) is 0 Å². The normalized spacial score (nSPS) is 15.6. The number of fused-ring (bicyclic) bond motifs is 1. The van der Waals surface area contributed by atoms with Crippen LogP contribution < -0.4 is 4.74 Å². The molecule has 3 rings (SSSR count). The third-order valence-electron chi connectivity index (χ3n) is 5.19. The Balaban J connectivity index is 2.12. The van der Waals surface area contributed by atoms with Gasteiger partial charge in [-0.2, -0.15) is 0 Å². The Labute approximate surface area is 149 Å². The fourth-order valence-corrected chi connectivity index (χ4v) is 3.81. The number of methoxy groups -OCH3 is 1. The summed E-state index contributed by atoms with van der Waals surface area (Å²) < 4.78 is 16.9. The van der Waals surface area contributed by atoms with E-state index in [0.29, 0.717) is 0 Å². The van der Waals surface area contributed by atoms with E-state index < -0.39 is 0 Å². The molecule has 1 aromatic carbocycles. The maximum atomic E-state index is 11.2. The first-order valence-corrected chi connectivity index (χ1v) is 8.76. The lowest BCUT2D eigenvalue weighted by atomic mass is 9.72. The molecular weight excluding hydrogens is 316 g/mol. The lowest BCUT2D eigenvalue weighted by Crippen LogP contribution is -2.24. The molecule has 0 N–H and O–H groups in total. The highest BCUT2D eigenvalue weighted by atomic mass is 16.5. The van der Waals surface area contributed by atoms with Crippen molar-refractivity contribution in [1.29, 1.82) is 0 Å². The Morgan fingerprint density at radius 3 is 2.76 bits per heavy atom. The minimum Gasteiger partial charge on any atom is -0.496 e. The number of furan rings is 1. The second-order valence-electron chi connectivity index (χ2n) is 7.42. The van der Waals surface area contributed by atoms with Crippen molar-refractivity contribution >= 4 is 5.97 Å². The SMILES string of the molecule is COc1c(-c2occ(C)c2COC(C)=O)ccc2c1CCCC2(C)C. The smallest absolute Gasteiger partial charge is 0.302 e. The van der Waals surface area contributed by atoms with Crippen molar-refractivity contribution in [3.63, 3.8) is 0 Å². The van der Waals surface area contributed by atoms with E-state index in [1.165, 1.54) is 24.5 Å². The summed E-state index contributed by atoms with van der Waals surface area (Å²) in [6, 6.07) is 4.26. The van der Waals surface area contributed by atoms with Crippen LogP contribution in [0, 0.1) is 6.92 Å². The van der Waals surface area contributed by atoms with Crippen LogP contribution in [0.4, 0.5) is 0 Å². The molecule has 4 nitrogen and oxygen atoms in total. The van der Waals surface area contributed by atoms with Crippen LogP contribution in [0.25, 0.3) is 11.3 Å². The molecule has 0 amide bonds. The van der Waals surface area contributed by atoms with Gasteiger partial charge in [0.05, 0.1) is 18.9 Å². The number of aryl methyl sites for hydroxylation is 1. The summed E-state index contributed by atoms with van der Waals surface area (Å²) in [5.41, 5.74) is 5.56. The topological polar surface area (TPSA) is 48.7 Å². The van der Waals surface area contributed by atoms with Crippen LogP contribution in [-0.4, -0.2) is 13.1 Å². The molecule has 0 saturated carbocycles. The van der Waals surface area contributed by atoms with Gasteiger partial charge in [0.1, 0.15) is 18.1 Å². The number of benzene rings is 1. The van der Waals surface area contributed by atoms with Crippen molar-refractivity contribution in [3.05, 3.63) is 40.6 Å². The Bertz CT molecular complexity index is 798. The average Bonchev–Trinajstić information content (AvgIpc) is 2.92. The molecule has 0 radical (unpaired) electrons. The summed E-state index contributed by atoms with van der Waals surface area (Å²) in [5.74, 6) is 1.30. The van der Waals surface area contributed by atoms with E-state index in [9.17, 15) is 4.79 Å². The Morgan fingerprint density at radius 2 is 2.08 bits per heavy atom. The van der Waals surface area contributed by atoms with E-state index in [1.807, 2.05) is 6.92 Å². The fourth-order valence-electron chi connectivity index (χ4n) is 3.81. The lowest BCUT2D eigenvalue weighted by molar-refractivity contribution is -0.142. The monoisotopic (exact) mass is 342 g/mol. The Morgan fingerprint density at radius 1 is 1.32 bits per heavy atom. The van der Waals surface area contributed by atoms with Gasteiger partial charge < -0.3 is 13.9 Å². The zero-order chi connectivity index (χ0) is 18.2. The van der Waals surface area contributed by atoms with Gasteiger partial charge in [0.2, 0.25) is 0 Å². The maximum Gasteiger partial charge on any atom is 0.302 e. The summed E-state index contributed by atoms with van der Waals surface area (Å²) in [6.45, 7) is 8.15. The largest absolute Gasteiger partial charge is 0.496 e. The van der Waals surface area contributed by atoms with E-state index >= 15 is 0 Å². The van der Waals surface area contributed by atoms with Crippen molar-refractivity contribution in [2.75, 3.05) is 7.11 Å². The van der Waals surface area contributed by atoms with Crippen LogP contribution >= 0.6 is 0 Å². The van der Waals surface area contributed by atoms with Crippen LogP contribution in [0.15, 0.2) is 22.8 Å². The molecule has 2 aromatic rings. The summed E-state index contributed by atoms with van der Waals surface area (Å²) in [6.07, 6.45) is 5.04. The quantitative estimate of drug-likeness (QED) is 0.738. The highest BCUT2D eigenvalue weighted by Crippen LogP contribution is 2.45. The molecule has 1 aliphatic rings. The van der Waals surface area contributed by atoms with Crippen LogP contribution in [-0.2, 0) is 28.0 Å². The van der Waals surface area contributed by atoms with Gasteiger partial charge in [-0.1, -0.05) is 19.9 Å². The number of esters is 1. The molecule has 0 atom stereocenters. The van der Waals surface area contributed by atoms with Crippen molar-refractivity contribution in [1.82, 2.24) is 0 Å². The van der Waals surface area contributed by atoms with E-state index in [4.69, 9.17) is 13.9 Å². The third-order valence-corrected chi connectivity index (χ3v) is 5.19. The van der Waals surface area contributed by atoms with Crippen LogP contribution in [0.3, 0.4) is 0 Å². The highest BCUT2D eigenvalue weighted by molar-refractivity contribution is 5.74. The first kappa shape index (κ1) is 17.6. The zero-order valence-electron chi connectivity index (χ0n) is 15.7. The third kappa shape index (κ3) is 3.17. The Hall–Kier alpha value is -2.23. The number of ether oxygens (including phenoxy) is 2. The van der Waals surface area contributed by atoms with Gasteiger partial charge in [-0.05, 0) is 54.4 Å². The molecule has 1 aromatic heterocycles. The molecule has 1 heterocycles. The molecule has 0 spiro atoms. The van der Waals surface area contributed by atoms with Gasteiger partial charge in [0, 0.05) is 12.5 Å². The van der Waals surface area contributed by atoms with Crippen LogP contribution in [0.5, 0.6) is 5.75 Å². The van der Waals surface area contributed by atoms with Gasteiger partial charge in [-0.3, -0.25) is 4.79 Å². The van der Waals surface area contributed by atoms with Gasteiger partial charge in [0.15, 0.2) is 0 Å². The van der Waals surface area contributed by atoms with E-state index in [2.05, 4.69) is 26.0 Å². The second-order valence-corrected chi connectivity index (χ2v) is 7.42. The first-order valence-electron chi connectivity index (χ1n) is 8.76. The molecular formula is C21H26O4. The molecule has 0 unspecified atom stereocenters. The summed E-state index contributed by atoms with van der Waals surface area (Å²) in [4.78, 5) is 11.2. The standard InChI is InChI=1S/C21H26O4/c1-13-11-25-20(17(13)12-24-14(2)22)16-8-9-18-15(19(16)23-5)7-6-10-21(18,3)4/h8-9,11H,6-7,10,12H2,1-5H3. The predicted octanol–water partition coefficient (Wildman–Crippen LogP) is 4.94. The number of carbonyl (C=O) groups excluding carboxylic acids is 1. The molecule has 0 bridgehead atoms. The van der Waals surface area contributed by atoms with Crippen molar-refractivity contribution in [2.24, 2.45) is 0 Å². The lowest BCUT2D eigenvalue weighted by Gasteiger charge is -2.34. The fraction of sp³-hybridized carbons (Fsp3) is 0.476. The predicted molar refractivity (Wildman–Crippen MR) is 96.9 cm³/mol. The van der Waals surface area contributed by atoms with Gasteiger partial charge in [-0.25, -0.2) is 0 Å². The number of hydrogen-bond acceptors (Lipinski definition) is 4. The van der Waals surface area contributed by atoms with Crippen molar-refractivity contribution < 1.29 is 18.7 Å². The van der Waals surface area contributed by atoms with E-state index in [1.54, 1.807) is 13.4 Å². The summed E-state index contributed by atoms with van der Waals surface area (Å²) in [5, 5.41) is 0. The zero-order valence-corrected chi connectivity index (χ0v) is 15.7. The summed E-state index contributed by atoms with van der Waals surface area (Å²) in [7, 11) is 1.71. The number of hydrogen-bond donors (Lipinski definition) is 0. The average molecular weight is 342 g/mol. The Kier molecular flexibility index (Phi) is 4.63. The number of rotatable bonds is 4. The minimum atomic E-state index is -0.300. The van der Waals surface area contributed by atoms with Crippen LogP contribution in [0.1, 0.15) is 55.9 Å². The number of carbonyl (C=O) groups is 1. The van der Waals surface area contributed by atoms with Gasteiger partial charge >= 0.3 is 5.97 Å². The maximum absolute atomic E-state index is 11.2. The molecule has 25 heavy (non-hydrogen) atoms. The molecule has 1 aliphatic carbocycles. The van der Waals surface area contributed by atoms with Crippen molar-refractivity contribution in [2.45, 2.75) is 59.0 Å². The van der Waals surface area contributed by atoms with E-state index in [0.717, 1.165) is 41.0 Å². The molecule has 0 saturated heterocycles. The highest BCUT2D eigenvalue weighted by Gasteiger charge is 2.31. The summed E-state index contributed by atoms with van der Waals surface area (Å²) >= 11 is 0.